The van der Waals surface area contributed by atoms with Crippen LogP contribution in [-0.4, -0.2) is 26.0 Å². The van der Waals surface area contributed by atoms with Crippen LogP contribution in [0.3, 0.4) is 0 Å². The number of carbonyl (C=O) groups is 2. The zero-order valence-corrected chi connectivity index (χ0v) is 16.8. The molecule has 0 heterocycles. The summed E-state index contributed by atoms with van der Waals surface area (Å²) < 4.78 is 10.4. The Morgan fingerprint density at radius 2 is 1.54 bits per heavy atom. The molecule has 2 aromatic carbocycles. The Morgan fingerprint density at radius 3 is 2.11 bits per heavy atom. The zero-order valence-electron chi connectivity index (χ0n) is 16.8. The lowest BCUT2D eigenvalue weighted by molar-refractivity contribution is -0.117. The Hall–Kier alpha value is -3.28. The van der Waals surface area contributed by atoms with Crippen molar-refractivity contribution in [3.63, 3.8) is 0 Å². The first kappa shape index (κ1) is 21.0. The Bertz CT molecular complexity index is 865. The van der Waals surface area contributed by atoms with E-state index in [-0.39, 0.29) is 11.3 Å². The Morgan fingerprint density at radius 1 is 0.893 bits per heavy atom. The number of amides is 2. The predicted octanol–water partition coefficient (Wildman–Crippen LogP) is 3.48. The first-order chi connectivity index (χ1) is 13.2. The van der Waals surface area contributed by atoms with E-state index in [1.165, 1.54) is 6.08 Å². The summed E-state index contributed by atoms with van der Waals surface area (Å²) >= 11 is 0. The summed E-state index contributed by atoms with van der Waals surface area (Å²) in [4.78, 5) is 24.1. The van der Waals surface area contributed by atoms with Crippen LogP contribution in [0, 0.1) is 0 Å². The molecule has 0 aliphatic rings. The Balaban J connectivity index is 1.93. The van der Waals surface area contributed by atoms with E-state index in [1.54, 1.807) is 50.6 Å². The molecule has 6 nitrogen and oxygen atoms in total. The molecule has 0 saturated carbocycles. The van der Waals surface area contributed by atoms with E-state index in [0.29, 0.717) is 17.1 Å². The van der Waals surface area contributed by atoms with Crippen LogP contribution in [-0.2, 0) is 10.2 Å². The van der Waals surface area contributed by atoms with Gasteiger partial charge in [0.05, 0.1) is 14.2 Å². The molecule has 0 saturated heterocycles. The van der Waals surface area contributed by atoms with Crippen molar-refractivity contribution >= 4 is 17.9 Å². The van der Waals surface area contributed by atoms with Crippen LogP contribution < -0.4 is 20.3 Å². The van der Waals surface area contributed by atoms with Crippen LogP contribution in [0.4, 0.5) is 0 Å². The average Bonchev–Trinajstić information content (AvgIpc) is 2.69. The van der Waals surface area contributed by atoms with Crippen LogP contribution in [0.15, 0.2) is 48.5 Å². The minimum Gasteiger partial charge on any atom is -0.493 e. The second-order valence-corrected chi connectivity index (χ2v) is 7.22. The summed E-state index contributed by atoms with van der Waals surface area (Å²) in [6, 6.07) is 12.6. The number of carbonyl (C=O) groups excluding carboxylic acids is 2. The van der Waals surface area contributed by atoms with Crippen LogP contribution in [0.1, 0.15) is 42.3 Å². The van der Waals surface area contributed by atoms with Crippen LogP contribution in [0.5, 0.6) is 11.5 Å². The van der Waals surface area contributed by atoms with Gasteiger partial charge in [-0.15, -0.1) is 0 Å². The molecule has 0 aliphatic heterocycles. The maximum absolute atomic E-state index is 12.2. The fourth-order valence-corrected chi connectivity index (χ4v) is 2.48. The summed E-state index contributed by atoms with van der Waals surface area (Å²) in [5, 5.41) is 0. The van der Waals surface area contributed by atoms with E-state index in [4.69, 9.17) is 9.47 Å². The van der Waals surface area contributed by atoms with Gasteiger partial charge in [-0.2, -0.15) is 0 Å². The molecule has 6 heteroatoms. The van der Waals surface area contributed by atoms with Gasteiger partial charge < -0.3 is 9.47 Å². The molecule has 2 rings (SSSR count). The van der Waals surface area contributed by atoms with Crippen molar-refractivity contribution in [2.24, 2.45) is 0 Å². The molecule has 28 heavy (non-hydrogen) atoms. The molecule has 0 fully saturated rings. The van der Waals surface area contributed by atoms with Gasteiger partial charge in [0.15, 0.2) is 11.5 Å². The van der Waals surface area contributed by atoms with Gasteiger partial charge in [-0.25, -0.2) is 0 Å². The summed E-state index contributed by atoms with van der Waals surface area (Å²) in [5.74, 6) is 0.341. The van der Waals surface area contributed by atoms with Crippen molar-refractivity contribution in [3.05, 3.63) is 65.2 Å². The molecule has 0 radical (unpaired) electrons. The maximum Gasteiger partial charge on any atom is 0.269 e. The largest absolute Gasteiger partial charge is 0.493 e. The monoisotopic (exact) mass is 382 g/mol. The van der Waals surface area contributed by atoms with Crippen LogP contribution >= 0.6 is 0 Å². The molecular formula is C22H26N2O4. The van der Waals surface area contributed by atoms with Gasteiger partial charge in [0.1, 0.15) is 0 Å². The number of ether oxygens (including phenoxy) is 2. The lowest BCUT2D eigenvalue weighted by Crippen LogP contribution is -2.40. The zero-order chi connectivity index (χ0) is 20.7. The predicted molar refractivity (Wildman–Crippen MR) is 109 cm³/mol. The third-order valence-corrected chi connectivity index (χ3v) is 4.15. The number of benzene rings is 2. The van der Waals surface area contributed by atoms with Crippen molar-refractivity contribution in [1.82, 2.24) is 10.9 Å². The smallest absolute Gasteiger partial charge is 0.269 e. The minimum absolute atomic E-state index is 0.0121. The van der Waals surface area contributed by atoms with E-state index in [2.05, 4.69) is 31.6 Å². The highest BCUT2D eigenvalue weighted by molar-refractivity contribution is 5.98. The summed E-state index contributed by atoms with van der Waals surface area (Å²) in [6.45, 7) is 6.31. The minimum atomic E-state index is -0.450. The second kappa shape index (κ2) is 9.08. The lowest BCUT2D eigenvalue weighted by Gasteiger charge is -2.19. The highest BCUT2D eigenvalue weighted by Gasteiger charge is 2.14. The molecule has 2 amide bonds. The number of nitrogens with one attached hydrogen (secondary N) is 2. The lowest BCUT2D eigenvalue weighted by atomic mass is 9.87. The Kier molecular flexibility index (Phi) is 6.82. The van der Waals surface area contributed by atoms with Gasteiger partial charge in [0.2, 0.25) is 0 Å². The van der Waals surface area contributed by atoms with Gasteiger partial charge >= 0.3 is 0 Å². The quantitative estimate of drug-likeness (QED) is 0.613. The fraction of sp³-hybridized carbons (Fsp3) is 0.273. The molecule has 0 atom stereocenters. The maximum atomic E-state index is 12.2. The normalized spacial score (nSPS) is 11.2. The highest BCUT2D eigenvalue weighted by atomic mass is 16.5. The van der Waals surface area contributed by atoms with Gasteiger partial charge in [-0.3, -0.25) is 20.4 Å². The van der Waals surface area contributed by atoms with Crippen molar-refractivity contribution in [2.45, 2.75) is 26.2 Å². The summed E-state index contributed by atoms with van der Waals surface area (Å²) in [6.07, 6.45) is 2.94. The Labute approximate surface area is 165 Å². The van der Waals surface area contributed by atoms with E-state index < -0.39 is 5.91 Å². The van der Waals surface area contributed by atoms with Gasteiger partial charge in [-0.1, -0.05) is 39.0 Å². The third-order valence-electron chi connectivity index (χ3n) is 4.15. The van der Waals surface area contributed by atoms with E-state index in [0.717, 1.165) is 11.1 Å². The van der Waals surface area contributed by atoms with Gasteiger partial charge in [0.25, 0.3) is 11.8 Å². The van der Waals surface area contributed by atoms with E-state index >= 15 is 0 Å². The molecule has 0 spiro atoms. The van der Waals surface area contributed by atoms with Crippen molar-refractivity contribution < 1.29 is 19.1 Å². The van der Waals surface area contributed by atoms with Crippen LogP contribution in [0.25, 0.3) is 6.08 Å². The highest BCUT2D eigenvalue weighted by Crippen LogP contribution is 2.28. The second-order valence-electron chi connectivity index (χ2n) is 7.22. The van der Waals surface area contributed by atoms with Gasteiger partial charge in [0, 0.05) is 11.6 Å². The fourth-order valence-electron chi connectivity index (χ4n) is 2.48. The number of hydrogen-bond donors (Lipinski definition) is 2. The molecule has 0 aromatic heterocycles. The van der Waals surface area contributed by atoms with Gasteiger partial charge in [-0.05, 0) is 46.9 Å². The third kappa shape index (κ3) is 5.61. The molecular weight excluding hydrogens is 356 g/mol. The van der Waals surface area contributed by atoms with Crippen molar-refractivity contribution in [1.29, 1.82) is 0 Å². The molecule has 148 valence electrons. The number of hydrazine groups is 1. The van der Waals surface area contributed by atoms with Crippen molar-refractivity contribution in [2.75, 3.05) is 14.2 Å². The SMILES string of the molecule is COc1ccc(C=CC(=O)NNC(=O)c2ccc(C(C)(C)C)cc2)cc1OC. The van der Waals surface area contributed by atoms with E-state index in [1.807, 2.05) is 12.1 Å². The number of rotatable bonds is 5. The molecule has 2 aromatic rings. The standard InChI is InChI=1S/C22H26N2O4/c1-22(2,3)17-10-8-16(9-11-17)21(26)24-23-20(25)13-7-15-6-12-18(27-4)19(14-15)28-5/h6-14H,1-5H3,(H,23,25)(H,24,26). The molecule has 0 unspecified atom stereocenters. The number of methoxy groups -OCH3 is 2. The molecule has 0 bridgehead atoms. The van der Waals surface area contributed by atoms with E-state index in [9.17, 15) is 9.59 Å². The van der Waals surface area contributed by atoms with Crippen LogP contribution in [0.2, 0.25) is 0 Å². The molecule has 2 N–H and O–H groups in total. The number of hydrogen-bond acceptors (Lipinski definition) is 4. The first-order valence-corrected chi connectivity index (χ1v) is 8.85. The van der Waals surface area contributed by atoms with Crippen molar-refractivity contribution in [3.8, 4) is 11.5 Å². The summed E-state index contributed by atoms with van der Waals surface area (Å²) in [7, 11) is 3.10. The average molecular weight is 382 g/mol. The summed E-state index contributed by atoms with van der Waals surface area (Å²) in [5.41, 5.74) is 7.14. The molecule has 0 aliphatic carbocycles. The first-order valence-electron chi connectivity index (χ1n) is 8.85. The topological polar surface area (TPSA) is 76.7 Å².